The van der Waals surface area contributed by atoms with Gasteiger partial charge in [0.05, 0.1) is 12.1 Å². The van der Waals surface area contributed by atoms with Gasteiger partial charge in [-0.2, -0.15) is 13.2 Å². The number of carbonyl (C=O) groups is 1. The second kappa shape index (κ2) is 7.62. The second-order valence-electron chi connectivity index (χ2n) is 5.56. The quantitative estimate of drug-likeness (QED) is 0.625. The zero-order chi connectivity index (χ0) is 20.5. The molecule has 0 spiro atoms. The summed E-state index contributed by atoms with van der Waals surface area (Å²) < 4.78 is 61.0. The maximum Gasteiger partial charge on any atom is 0.416 e. The van der Waals surface area contributed by atoms with Crippen LogP contribution in [-0.4, -0.2) is 19.3 Å². The van der Waals surface area contributed by atoms with E-state index in [-0.39, 0.29) is 27.0 Å². The number of alkyl halides is 3. The monoisotopic (exact) mass is 447 g/mol. The number of aromatic nitrogens is 1. The summed E-state index contributed by atoms with van der Waals surface area (Å²) in [7, 11) is -3.80. The molecule has 0 aliphatic carbocycles. The van der Waals surface area contributed by atoms with Crippen molar-refractivity contribution < 1.29 is 26.4 Å². The van der Waals surface area contributed by atoms with Crippen molar-refractivity contribution in [2.45, 2.75) is 16.9 Å². The fourth-order valence-corrected chi connectivity index (χ4v) is 4.72. The summed E-state index contributed by atoms with van der Waals surface area (Å²) in [5.74, 6) is -0.528. The number of nitrogens with one attached hydrogen (secondary N) is 1. The molecule has 1 amide bonds. The zero-order valence-corrected chi connectivity index (χ0v) is 16.3. The Balaban J connectivity index is 1.70. The molecule has 148 valence electrons. The van der Waals surface area contributed by atoms with Gasteiger partial charge in [-0.05, 0) is 24.3 Å². The molecule has 6 nitrogen and oxygen atoms in total. The molecule has 3 rings (SSSR count). The van der Waals surface area contributed by atoms with Gasteiger partial charge in [0.25, 0.3) is 5.91 Å². The van der Waals surface area contributed by atoms with Gasteiger partial charge in [0, 0.05) is 15.8 Å². The van der Waals surface area contributed by atoms with E-state index >= 15 is 0 Å². The highest BCUT2D eigenvalue weighted by Crippen LogP contribution is 2.33. The van der Waals surface area contributed by atoms with Crippen molar-refractivity contribution in [1.29, 1.82) is 0 Å². The highest BCUT2D eigenvalue weighted by molar-refractivity contribution is 7.91. The molecule has 2 heterocycles. The summed E-state index contributed by atoms with van der Waals surface area (Å²) in [5.41, 5.74) is -0.481. The van der Waals surface area contributed by atoms with Gasteiger partial charge in [0.15, 0.2) is 0 Å². The lowest BCUT2D eigenvalue weighted by Gasteiger charge is -2.07. The molecule has 0 saturated heterocycles. The van der Waals surface area contributed by atoms with E-state index < -0.39 is 27.7 Å². The predicted octanol–water partition coefficient (Wildman–Crippen LogP) is 3.47. The Bertz CT molecular complexity index is 1120. The maximum absolute atomic E-state index is 12.8. The van der Waals surface area contributed by atoms with Crippen LogP contribution in [0.1, 0.15) is 20.9 Å². The van der Waals surface area contributed by atoms with Crippen molar-refractivity contribution >= 4 is 38.6 Å². The van der Waals surface area contributed by atoms with Crippen LogP contribution >= 0.6 is 22.7 Å². The molecule has 0 atom stereocenters. The molecule has 12 heteroatoms. The fourth-order valence-electron chi connectivity index (χ4n) is 2.20. The maximum atomic E-state index is 12.8. The SMILES string of the molecule is NS(=O)(=O)c1ccc(CNC(=O)c2csc(-c3cccc(C(F)(F)F)c3)n2)s1. The molecule has 2 aromatic heterocycles. The number of thiazole rings is 1. The Morgan fingerprint density at radius 2 is 1.96 bits per heavy atom. The first-order valence-electron chi connectivity index (χ1n) is 7.57. The molecular weight excluding hydrogens is 435 g/mol. The third kappa shape index (κ3) is 4.76. The number of nitrogens with zero attached hydrogens (tertiary/aromatic N) is 1. The molecule has 0 saturated carbocycles. The van der Waals surface area contributed by atoms with Crippen LogP contribution in [0.25, 0.3) is 10.6 Å². The molecule has 0 aliphatic heterocycles. The topological polar surface area (TPSA) is 102 Å². The third-order valence-electron chi connectivity index (χ3n) is 3.51. The van der Waals surface area contributed by atoms with Crippen molar-refractivity contribution in [2.24, 2.45) is 5.14 Å². The van der Waals surface area contributed by atoms with E-state index in [0.29, 0.717) is 4.88 Å². The van der Waals surface area contributed by atoms with Crippen molar-refractivity contribution in [1.82, 2.24) is 10.3 Å². The number of halogens is 3. The number of amides is 1. The number of rotatable bonds is 5. The van der Waals surface area contributed by atoms with E-state index in [9.17, 15) is 26.4 Å². The lowest BCUT2D eigenvalue weighted by molar-refractivity contribution is -0.137. The molecule has 0 bridgehead atoms. The van der Waals surface area contributed by atoms with Crippen LogP contribution < -0.4 is 10.5 Å². The minimum absolute atomic E-state index is 0.0164. The van der Waals surface area contributed by atoms with Crippen LogP contribution in [0.15, 0.2) is 46.0 Å². The molecule has 28 heavy (non-hydrogen) atoms. The van der Waals surface area contributed by atoms with Crippen molar-refractivity contribution in [3.05, 3.63) is 57.9 Å². The standard InChI is InChI=1S/C16H12F3N3O3S3/c17-16(18,19)10-3-1-2-9(6-10)15-22-12(8-26-15)14(23)21-7-11-4-5-13(27-11)28(20,24)25/h1-6,8H,7H2,(H,21,23)(H2,20,24,25). The number of hydrogen-bond donors (Lipinski definition) is 2. The van der Waals surface area contributed by atoms with Crippen LogP contribution in [-0.2, 0) is 22.7 Å². The molecule has 1 aromatic carbocycles. The number of carbonyl (C=O) groups excluding carboxylic acids is 1. The van der Waals surface area contributed by atoms with Gasteiger partial charge in [-0.25, -0.2) is 18.5 Å². The molecular formula is C16H12F3N3O3S3. The second-order valence-corrected chi connectivity index (χ2v) is 9.38. The molecule has 0 radical (unpaired) electrons. The first kappa shape index (κ1) is 20.5. The number of nitrogens with two attached hydrogens (primary N) is 1. The number of primary sulfonamides is 1. The summed E-state index contributed by atoms with van der Waals surface area (Å²) >= 11 is 1.98. The van der Waals surface area contributed by atoms with Gasteiger partial charge in [-0.3, -0.25) is 4.79 Å². The average molecular weight is 447 g/mol. The Kier molecular flexibility index (Phi) is 5.57. The lowest BCUT2D eigenvalue weighted by Crippen LogP contribution is -2.22. The fraction of sp³-hybridized carbons (Fsp3) is 0.125. The number of thiophene rings is 1. The highest BCUT2D eigenvalue weighted by Gasteiger charge is 2.30. The summed E-state index contributed by atoms with van der Waals surface area (Å²) in [6.45, 7) is 0.0649. The van der Waals surface area contributed by atoms with Crippen molar-refractivity contribution in [3.63, 3.8) is 0 Å². The van der Waals surface area contributed by atoms with Crippen molar-refractivity contribution in [3.8, 4) is 10.6 Å². The van der Waals surface area contributed by atoms with Gasteiger partial charge in [0.2, 0.25) is 10.0 Å². The summed E-state index contributed by atoms with van der Waals surface area (Å²) in [4.78, 5) is 16.9. The van der Waals surface area contributed by atoms with Crippen LogP contribution in [0.3, 0.4) is 0 Å². The first-order valence-corrected chi connectivity index (χ1v) is 10.8. The Morgan fingerprint density at radius 1 is 1.21 bits per heavy atom. The van der Waals surface area contributed by atoms with Crippen LogP contribution in [0.5, 0.6) is 0 Å². The number of sulfonamides is 1. The van der Waals surface area contributed by atoms with Gasteiger partial charge in [0.1, 0.15) is 14.9 Å². The molecule has 0 unspecified atom stereocenters. The van der Waals surface area contributed by atoms with E-state index in [2.05, 4.69) is 10.3 Å². The summed E-state index contributed by atoms with van der Waals surface area (Å²) in [6, 6.07) is 7.56. The number of benzene rings is 1. The van der Waals surface area contributed by atoms with Crippen LogP contribution in [0.2, 0.25) is 0 Å². The van der Waals surface area contributed by atoms with Crippen LogP contribution in [0.4, 0.5) is 13.2 Å². The van der Waals surface area contributed by atoms with E-state index in [1.807, 2.05) is 0 Å². The highest BCUT2D eigenvalue weighted by atomic mass is 32.2. The van der Waals surface area contributed by atoms with Gasteiger partial charge in [-0.1, -0.05) is 12.1 Å². The Hall–Kier alpha value is -2.28. The van der Waals surface area contributed by atoms with E-state index in [1.54, 1.807) is 0 Å². The lowest BCUT2D eigenvalue weighted by atomic mass is 10.1. The van der Waals surface area contributed by atoms with E-state index in [1.165, 1.54) is 29.6 Å². The van der Waals surface area contributed by atoms with Crippen molar-refractivity contribution in [2.75, 3.05) is 0 Å². The molecule has 3 N–H and O–H groups in total. The predicted molar refractivity (Wildman–Crippen MR) is 99.4 cm³/mol. The number of hydrogen-bond acceptors (Lipinski definition) is 6. The van der Waals surface area contributed by atoms with E-state index in [0.717, 1.165) is 34.8 Å². The molecule has 0 fully saturated rings. The average Bonchev–Trinajstić information content (AvgIpc) is 3.28. The van der Waals surface area contributed by atoms with Gasteiger partial charge >= 0.3 is 6.18 Å². The van der Waals surface area contributed by atoms with Gasteiger partial charge in [-0.15, -0.1) is 22.7 Å². The van der Waals surface area contributed by atoms with Crippen LogP contribution in [0, 0.1) is 0 Å². The smallest absolute Gasteiger partial charge is 0.346 e. The minimum Gasteiger partial charge on any atom is -0.346 e. The molecule has 0 aliphatic rings. The normalized spacial score (nSPS) is 12.1. The summed E-state index contributed by atoms with van der Waals surface area (Å²) in [6.07, 6.45) is -4.47. The Morgan fingerprint density at radius 3 is 2.61 bits per heavy atom. The third-order valence-corrected chi connectivity index (χ3v) is 6.93. The largest absolute Gasteiger partial charge is 0.416 e. The minimum atomic E-state index is -4.47. The molecule has 3 aromatic rings. The summed E-state index contributed by atoms with van der Waals surface area (Å²) in [5, 5.41) is 9.33. The first-order chi connectivity index (χ1) is 13.0. The Labute approximate surface area is 165 Å². The zero-order valence-electron chi connectivity index (χ0n) is 13.9. The van der Waals surface area contributed by atoms with Gasteiger partial charge < -0.3 is 5.32 Å². The van der Waals surface area contributed by atoms with E-state index in [4.69, 9.17) is 5.14 Å².